The van der Waals surface area contributed by atoms with E-state index in [0.29, 0.717) is 0 Å². The van der Waals surface area contributed by atoms with E-state index in [1.807, 2.05) is 0 Å². The number of aliphatic carboxylic acids is 2. The number of carboxylic acids is 2. The van der Waals surface area contributed by atoms with Gasteiger partial charge >= 0.3 is 11.9 Å². The fourth-order valence-electron chi connectivity index (χ4n) is 2.51. The summed E-state index contributed by atoms with van der Waals surface area (Å²) >= 11 is 0. The molecule has 3 N–H and O–H groups in total. The van der Waals surface area contributed by atoms with Gasteiger partial charge in [0.05, 0.1) is 0 Å². The van der Waals surface area contributed by atoms with Gasteiger partial charge in [-0.2, -0.15) is 0 Å². The lowest BCUT2D eigenvalue weighted by molar-refractivity contribution is -0.142. The molecule has 0 aliphatic carbocycles. The van der Waals surface area contributed by atoms with Crippen molar-refractivity contribution in [3.8, 4) is 0 Å². The molecule has 0 saturated heterocycles. The van der Waals surface area contributed by atoms with Crippen LogP contribution in [0.15, 0.2) is 12.2 Å². The van der Waals surface area contributed by atoms with Crippen LogP contribution in [0, 0.1) is 0 Å². The van der Waals surface area contributed by atoms with E-state index in [4.69, 9.17) is 10.2 Å². The molecule has 0 aromatic heterocycles. The molecule has 0 fully saturated rings. The van der Waals surface area contributed by atoms with Crippen LogP contribution in [0.5, 0.6) is 0 Å². The van der Waals surface area contributed by atoms with Crippen molar-refractivity contribution in [2.24, 2.45) is 0 Å². The van der Waals surface area contributed by atoms with Crippen molar-refractivity contribution >= 4 is 17.8 Å². The summed E-state index contributed by atoms with van der Waals surface area (Å²) in [5, 5.41) is 19.9. The third kappa shape index (κ3) is 15.4. The molecule has 0 aliphatic rings. The number of nitrogens with one attached hydrogen (secondary N) is 1. The molecule has 0 aromatic rings. The Morgan fingerprint density at radius 2 is 1.48 bits per heavy atom. The lowest BCUT2D eigenvalue weighted by atomic mass is 10.1. The van der Waals surface area contributed by atoms with Gasteiger partial charge in [0.25, 0.3) is 0 Å². The average Bonchev–Trinajstić information content (AvgIpc) is 2.56. The van der Waals surface area contributed by atoms with Gasteiger partial charge in [-0.3, -0.25) is 9.59 Å². The fraction of sp³-hybridized carbons (Fsp3) is 0.737. The zero-order chi connectivity index (χ0) is 18.9. The highest BCUT2D eigenvalue weighted by atomic mass is 16.4. The molecule has 1 atom stereocenters. The number of carbonyl (C=O) groups is 3. The molecule has 6 nitrogen and oxygen atoms in total. The van der Waals surface area contributed by atoms with Crippen LogP contribution >= 0.6 is 0 Å². The van der Waals surface area contributed by atoms with E-state index in [-0.39, 0.29) is 12.8 Å². The molecule has 6 heteroatoms. The Labute approximate surface area is 150 Å². The monoisotopic (exact) mass is 355 g/mol. The lowest BCUT2D eigenvalue weighted by Gasteiger charge is -2.11. The molecule has 0 unspecified atom stereocenters. The van der Waals surface area contributed by atoms with Gasteiger partial charge in [-0.05, 0) is 25.3 Å². The molecule has 0 heterocycles. The van der Waals surface area contributed by atoms with E-state index in [9.17, 15) is 14.4 Å². The Morgan fingerprint density at radius 3 is 2.00 bits per heavy atom. The predicted molar refractivity (Wildman–Crippen MR) is 97.4 cm³/mol. The number of hydrogen-bond acceptors (Lipinski definition) is 3. The summed E-state index contributed by atoms with van der Waals surface area (Å²) in [4.78, 5) is 33.1. The van der Waals surface area contributed by atoms with Crippen LogP contribution in [0.1, 0.15) is 84.0 Å². The lowest BCUT2D eigenvalue weighted by Crippen LogP contribution is -2.40. The normalized spacial score (nSPS) is 12.2. The van der Waals surface area contributed by atoms with Gasteiger partial charge in [-0.15, -0.1) is 0 Å². The van der Waals surface area contributed by atoms with Crippen molar-refractivity contribution in [1.29, 1.82) is 0 Å². The SMILES string of the molecule is CCCCCCCCCCCC=CC(=O)N[C@@H](CCC(=O)O)C(=O)O. The van der Waals surface area contributed by atoms with Gasteiger partial charge in [-0.25, -0.2) is 4.79 Å². The van der Waals surface area contributed by atoms with E-state index < -0.39 is 23.9 Å². The van der Waals surface area contributed by atoms with Crippen LogP contribution in [-0.2, 0) is 14.4 Å². The molecular weight excluding hydrogens is 322 g/mol. The average molecular weight is 355 g/mol. The maximum Gasteiger partial charge on any atom is 0.326 e. The molecule has 0 rings (SSSR count). The highest BCUT2D eigenvalue weighted by Gasteiger charge is 2.19. The number of amides is 1. The summed E-state index contributed by atoms with van der Waals surface area (Å²) in [5.41, 5.74) is 0. The van der Waals surface area contributed by atoms with Crippen molar-refractivity contribution in [1.82, 2.24) is 5.32 Å². The van der Waals surface area contributed by atoms with Crippen molar-refractivity contribution in [3.05, 3.63) is 12.2 Å². The largest absolute Gasteiger partial charge is 0.481 e. The van der Waals surface area contributed by atoms with Gasteiger partial charge in [0.1, 0.15) is 6.04 Å². The quantitative estimate of drug-likeness (QED) is 0.288. The van der Waals surface area contributed by atoms with Crippen LogP contribution in [-0.4, -0.2) is 34.1 Å². The number of unbranched alkanes of at least 4 members (excludes halogenated alkanes) is 9. The first kappa shape index (κ1) is 23.1. The predicted octanol–water partition coefficient (Wildman–Crippen LogP) is 3.90. The number of allylic oxidation sites excluding steroid dienone is 1. The second kappa shape index (κ2) is 15.7. The first-order chi connectivity index (χ1) is 12.0. The van der Waals surface area contributed by atoms with E-state index in [1.165, 1.54) is 51.0 Å². The topological polar surface area (TPSA) is 104 Å². The summed E-state index contributed by atoms with van der Waals surface area (Å²) in [7, 11) is 0. The van der Waals surface area contributed by atoms with Crippen LogP contribution < -0.4 is 5.32 Å². The van der Waals surface area contributed by atoms with Crippen LogP contribution in [0.25, 0.3) is 0 Å². The third-order valence-corrected chi connectivity index (χ3v) is 4.01. The van der Waals surface area contributed by atoms with Crippen LogP contribution in [0.4, 0.5) is 0 Å². The van der Waals surface area contributed by atoms with Crippen LogP contribution in [0.2, 0.25) is 0 Å². The minimum absolute atomic E-state index is 0.123. The van der Waals surface area contributed by atoms with Gasteiger partial charge in [0.2, 0.25) is 5.91 Å². The molecule has 25 heavy (non-hydrogen) atoms. The molecule has 0 spiro atoms. The first-order valence-electron chi connectivity index (χ1n) is 9.39. The third-order valence-electron chi connectivity index (χ3n) is 4.01. The summed E-state index contributed by atoms with van der Waals surface area (Å²) in [5.74, 6) is -2.79. The highest BCUT2D eigenvalue weighted by Crippen LogP contribution is 2.10. The first-order valence-corrected chi connectivity index (χ1v) is 9.39. The number of carboxylic acid groups (broad SMARTS) is 2. The molecule has 0 aromatic carbocycles. The summed E-state index contributed by atoms with van der Waals surface area (Å²) in [6, 6.07) is -1.17. The zero-order valence-corrected chi connectivity index (χ0v) is 15.3. The Kier molecular flexibility index (Phi) is 14.5. The Hall–Kier alpha value is -1.85. The zero-order valence-electron chi connectivity index (χ0n) is 15.3. The molecule has 0 radical (unpaired) electrons. The number of carbonyl (C=O) groups excluding carboxylic acids is 1. The molecule has 0 saturated carbocycles. The number of rotatable bonds is 16. The second-order valence-electron chi connectivity index (χ2n) is 6.35. The summed E-state index contributed by atoms with van der Waals surface area (Å²) in [6.45, 7) is 2.21. The standard InChI is InChI=1S/C19H33NO5/c1-2-3-4-5-6-7-8-9-10-11-12-13-17(21)20-16(19(24)25)14-15-18(22)23/h12-13,16H,2-11,14-15H2,1H3,(H,20,21)(H,22,23)(H,24,25)/t16-/m0/s1. The van der Waals surface area contributed by atoms with Crippen molar-refractivity contribution in [2.45, 2.75) is 90.0 Å². The second-order valence-corrected chi connectivity index (χ2v) is 6.35. The summed E-state index contributed by atoms with van der Waals surface area (Å²) in [6.07, 6.45) is 14.6. The van der Waals surface area contributed by atoms with Gasteiger partial charge in [-0.1, -0.05) is 64.4 Å². The van der Waals surface area contributed by atoms with Gasteiger partial charge in [0, 0.05) is 6.42 Å². The van der Waals surface area contributed by atoms with Crippen molar-refractivity contribution in [2.75, 3.05) is 0 Å². The van der Waals surface area contributed by atoms with E-state index in [1.54, 1.807) is 6.08 Å². The number of hydrogen-bond donors (Lipinski definition) is 3. The summed E-state index contributed by atoms with van der Waals surface area (Å²) < 4.78 is 0. The Bertz CT molecular complexity index is 420. The van der Waals surface area contributed by atoms with E-state index in [2.05, 4.69) is 12.2 Å². The van der Waals surface area contributed by atoms with E-state index in [0.717, 1.165) is 19.3 Å². The van der Waals surface area contributed by atoms with Crippen molar-refractivity contribution in [3.63, 3.8) is 0 Å². The van der Waals surface area contributed by atoms with Crippen molar-refractivity contribution < 1.29 is 24.6 Å². The highest BCUT2D eigenvalue weighted by molar-refractivity contribution is 5.91. The van der Waals surface area contributed by atoms with Gasteiger partial charge < -0.3 is 15.5 Å². The molecule has 0 aliphatic heterocycles. The maximum absolute atomic E-state index is 11.7. The van der Waals surface area contributed by atoms with Crippen LogP contribution in [0.3, 0.4) is 0 Å². The Balaban J connectivity index is 3.73. The molecular formula is C19H33NO5. The minimum Gasteiger partial charge on any atom is -0.481 e. The van der Waals surface area contributed by atoms with Gasteiger partial charge in [0.15, 0.2) is 0 Å². The van der Waals surface area contributed by atoms with E-state index >= 15 is 0 Å². The smallest absolute Gasteiger partial charge is 0.326 e. The Morgan fingerprint density at radius 1 is 0.920 bits per heavy atom. The fourth-order valence-corrected chi connectivity index (χ4v) is 2.51. The maximum atomic E-state index is 11.7. The molecule has 0 bridgehead atoms. The molecule has 144 valence electrons. The molecule has 1 amide bonds. The minimum atomic E-state index is -1.22.